The van der Waals surface area contributed by atoms with E-state index in [1.54, 1.807) is 38.2 Å². The molecule has 3 saturated heterocycles. The van der Waals surface area contributed by atoms with Crippen LogP contribution >= 0.6 is 0 Å². The molecular weight excluding hydrogens is 600 g/mol. The van der Waals surface area contributed by atoms with Crippen LogP contribution in [0.3, 0.4) is 0 Å². The summed E-state index contributed by atoms with van der Waals surface area (Å²) in [5.41, 5.74) is 0.107. The molecule has 2 unspecified atom stereocenters. The van der Waals surface area contributed by atoms with Gasteiger partial charge in [0.15, 0.2) is 5.79 Å². The molecule has 3 fully saturated rings. The second kappa shape index (κ2) is 14.5. The van der Waals surface area contributed by atoms with Gasteiger partial charge in [-0.3, -0.25) is 4.79 Å². The summed E-state index contributed by atoms with van der Waals surface area (Å²) in [5, 5.41) is 23.3. The van der Waals surface area contributed by atoms with Crippen molar-refractivity contribution in [3.8, 4) is 0 Å². The van der Waals surface area contributed by atoms with E-state index in [9.17, 15) is 19.8 Å². The van der Waals surface area contributed by atoms with Gasteiger partial charge in [0, 0.05) is 31.3 Å². The van der Waals surface area contributed by atoms with Crippen molar-refractivity contribution in [3.63, 3.8) is 0 Å². The summed E-state index contributed by atoms with van der Waals surface area (Å²) >= 11 is 0. The van der Waals surface area contributed by atoms with Crippen LogP contribution in [0.1, 0.15) is 87.0 Å². The van der Waals surface area contributed by atoms with Crippen LogP contribution in [-0.4, -0.2) is 76.8 Å². The lowest BCUT2D eigenvalue weighted by Crippen LogP contribution is -2.58. The van der Waals surface area contributed by atoms with Gasteiger partial charge < -0.3 is 33.9 Å². The van der Waals surface area contributed by atoms with Crippen molar-refractivity contribution in [2.75, 3.05) is 6.61 Å². The molecule has 260 valence electrons. The summed E-state index contributed by atoms with van der Waals surface area (Å²) < 4.78 is 31.9. The summed E-state index contributed by atoms with van der Waals surface area (Å²) in [6.45, 7) is 14.1. The van der Waals surface area contributed by atoms with Gasteiger partial charge in [-0.1, -0.05) is 70.6 Å². The van der Waals surface area contributed by atoms with E-state index in [0.29, 0.717) is 48.7 Å². The Balaban J connectivity index is 1.56. The summed E-state index contributed by atoms with van der Waals surface area (Å²) in [7, 11) is 0. The number of hydrogen-bond acceptors (Lipinski definition) is 9. The third kappa shape index (κ3) is 7.25. The Morgan fingerprint density at radius 3 is 2.68 bits per heavy atom. The summed E-state index contributed by atoms with van der Waals surface area (Å²) in [5.74, 6) is -2.48. The average molecular weight is 655 g/mol. The maximum absolute atomic E-state index is 14.1. The number of ether oxygens (including phenoxy) is 5. The molecular formula is C38H54O9. The summed E-state index contributed by atoms with van der Waals surface area (Å²) in [6, 6.07) is 0. The number of rotatable bonds is 4. The lowest BCUT2D eigenvalue weighted by Gasteiger charge is -2.51. The Morgan fingerprint density at radius 1 is 1.19 bits per heavy atom. The lowest BCUT2D eigenvalue weighted by molar-refractivity contribution is -0.340. The van der Waals surface area contributed by atoms with Crippen molar-refractivity contribution in [1.82, 2.24) is 0 Å². The molecule has 9 heteroatoms. The Morgan fingerprint density at radius 2 is 1.96 bits per heavy atom. The first-order valence-electron chi connectivity index (χ1n) is 17.5. The van der Waals surface area contributed by atoms with Gasteiger partial charge in [-0.2, -0.15) is 0 Å². The second-order valence-electron chi connectivity index (χ2n) is 14.5. The molecule has 1 aliphatic carbocycles. The first-order valence-corrected chi connectivity index (χ1v) is 17.5. The smallest absolute Gasteiger partial charge is 0.331 e. The standard InChI is InChI=1S/C38H54O9/c1-8-11-31(39)45-33-23(4)12-10-13-27-21-43-35-32(40)26(7)18-30(38(27,35)42)36(41)44-29-19-28(15-14-24(33)5)46-37(20-29)17-16-25(6)34(47-37)22(3)9-2/h8,10-14,18,22-23,25,28-30,32-35,40,42H,9,15-17,19-21H2,1-7H3/b11-8+,12-10+,24-14+,27-13+/t22?,23-,25-,28+,29-,30-,32+,33-,34+,35+,37?,38+/m0/s1. The zero-order valence-corrected chi connectivity index (χ0v) is 29.0. The highest BCUT2D eigenvalue weighted by Crippen LogP contribution is 2.48. The van der Waals surface area contributed by atoms with Gasteiger partial charge in [0.2, 0.25) is 0 Å². The first-order chi connectivity index (χ1) is 22.3. The fourth-order valence-electron chi connectivity index (χ4n) is 8.04. The van der Waals surface area contributed by atoms with Gasteiger partial charge in [-0.25, -0.2) is 4.79 Å². The van der Waals surface area contributed by atoms with Gasteiger partial charge >= 0.3 is 11.9 Å². The maximum Gasteiger partial charge on any atom is 0.331 e. The number of esters is 2. The van der Waals surface area contributed by atoms with E-state index in [1.807, 2.05) is 19.9 Å². The van der Waals surface area contributed by atoms with Crippen molar-refractivity contribution in [1.29, 1.82) is 0 Å². The number of hydrogen-bond donors (Lipinski definition) is 2. The fourth-order valence-corrected chi connectivity index (χ4v) is 8.04. The molecule has 1 spiro atoms. The molecule has 2 N–H and O–H groups in total. The van der Waals surface area contributed by atoms with Gasteiger partial charge in [0.25, 0.3) is 0 Å². The van der Waals surface area contributed by atoms with Crippen LogP contribution in [0.5, 0.6) is 0 Å². The van der Waals surface area contributed by atoms with E-state index in [0.717, 1.165) is 18.4 Å². The maximum atomic E-state index is 14.1. The zero-order valence-electron chi connectivity index (χ0n) is 29.0. The molecule has 9 nitrogen and oxygen atoms in total. The molecule has 5 aliphatic rings. The minimum absolute atomic E-state index is 0.0113. The van der Waals surface area contributed by atoms with Crippen LogP contribution in [-0.2, 0) is 33.3 Å². The molecule has 0 saturated carbocycles. The Hall–Kier alpha value is -2.56. The van der Waals surface area contributed by atoms with Crippen molar-refractivity contribution >= 4 is 11.9 Å². The summed E-state index contributed by atoms with van der Waals surface area (Å²) in [6.07, 6.45) is 12.6. The van der Waals surface area contributed by atoms with Crippen LogP contribution in [0.4, 0.5) is 0 Å². The highest BCUT2D eigenvalue weighted by atomic mass is 16.7. The lowest BCUT2D eigenvalue weighted by atomic mass is 9.71. The minimum Gasteiger partial charge on any atom is -0.462 e. The topological polar surface area (TPSA) is 121 Å². The Labute approximate surface area is 279 Å². The zero-order chi connectivity index (χ0) is 34.1. The molecule has 0 aromatic heterocycles. The number of allylic oxidation sites excluding steroid dienone is 3. The van der Waals surface area contributed by atoms with E-state index in [4.69, 9.17) is 23.7 Å². The number of carbonyl (C=O) groups is 2. The van der Waals surface area contributed by atoms with E-state index >= 15 is 0 Å². The van der Waals surface area contributed by atoms with E-state index in [1.165, 1.54) is 6.08 Å². The SMILES string of the molecule is C/C=C/C(=O)O[C@@H]1/C(C)=C/C[C@@H]2C[C@@H](CC3(CC[C@H](C)[C@@H](C(C)CC)O3)O2)OC(=O)[C@@H]2C=C(C)[C@@H](O)[C@H]3OC/C(=C\C=C\[C@@H]1C)[C@]32O. The van der Waals surface area contributed by atoms with Crippen LogP contribution in [0.15, 0.2) is 59.3 Å². The number of fused-ring (bicyclic) bond motifs is 2. The highest BCUT2D eigenvalue weighted by Gasteiger charge is 2.60. The van der Waals surface area contributed by atoms with Gasteiger partial charge in [-0.15, -0.1) is 0 Å². The predicted molar refractivity (Wildman–Crippen MR) is 177 cm³/mol. The number of aliphatic hydroxyl groups is 2. The van der Waals surface area contributed by atoms with Gasteiger partial charge in [-0.05, 0) is 62.2 Å². The van der Waals surface area contributed by atoms with Gasteiger partial charge in [0.05, 0.1) is 18.8 Å². The third-order valence-corrected chi connectivity index (χ3v) is 11.0. The quantitative estimate of drug-likeness (QED) is 0.225. The molecule has 4 aliphatic heterocycles. The summed E-state index contributed by atoms with van der Waals surface area (Å²) in [4.78, 5) is 26.7. The molecule has 0 aromatic carbocycles. The van der Waals surface area contributed by atoms with Crippen LogP contribution in [0, 0.1) is 23.7 Å². The molecule has 4 heterocycles. The normalized spacial score (nSPS) is 44.7. The first kappa shape index (κ1) is 35.7. The average Bonchev–Trinajstić information content (AvgIpc) is 3.37. The third-order valence-electron chi connectivity index (χ3n) is 11.0. The molecule has 0 amide bonds. The van der Waals surface area contributed by atoms with Crippen molar-refractivity contribution in [2.45, 2.75) is 135 Å². The molecule has 5 rings (SSSR count). The van der Waals surface area contributed by atoms with E-state index in [-0.39, 0.29) is 24.7 Å². The number of carbonyl (C=O) groups excluding carboxylic acids is 2. The van der Waals surface area contributed by atoms with Crippen LogP contribution in [0.2, 0.25) is 0 Å². The van der Waals surface area contributed by atoms with E-state index < -0.39 is 53.7 Å². The molecule has 0 radical (unpaired) electrons. The van der Waals surface area contributed by atoms with Crippen molar-refractivity contribution in [3.05, 3.63) is 59.3 Å². The van der Waals surface area contributed by atoms with E-state index in [2.05, 4.69) is 26.8 Å². The Bertz CT molecular complexity index is 1320. The fraction of sp³-hybridized carbons (Fsp3) is 0.684. The largest absolute Gasteiger partial charge is 0.462 e. The number of aliphatic hydroxyl groups excluding tert-OH is 1. The van der Waals surface area contributed by atoms with Crippen LogP contribution in [0.25, 0.3) is 0 Å². The van der Waals surface area contributed by atoms with Gasteiger partial charge in [0.1, 0.15) is 35.9 Å². The minimum atomic E-state index is -1.80. The predicted octanol–water partition coefficient (Wildman–Crippen LogP) is 5.66. The molecule has 12 atom stereocenters. The highest BCUT2D eigenvalue weighted by molar-refractivity contribution is 5.82. The van der Waals surface area contributed by atoms with Crippen LogP contribution < -0.4 is 0 Å². The molecule has 0 aromatic rings. The molecule has 2 bridgehead atoms. The Kier molecular flexibility index (Phi) is 11.0. The second-order valence-corrected chi connectivity index (χ2v) is 14.5. The molecule has 47 heavy (non-hydrogen) atoms. The van der Waals surface area contributed by atoms with Crippen molar-refractivity contribution < 1.29 is 43.5 Å². The monoisotopic (exact) mass is 654 g/mol. The van der Waals surface area contributed by atoms with Crippen molar-refractivity contribution in [2.24, 2.45) is 23.7 Å².